The van der Waals surface area contributed by atoms with Gasteiger partial charge < -0.3 is 13.9 Å². The Hall–Kier alpha value is -3.08. The fourth-order valence-corrected chi connectivity index (χ4v) is 2.61. The Morgan fingerprint density at radius 3 is 2.52 bits per heavy atom. The largest absolute Gasteiger partial charge is 0.489 e. The van der Waals surface area contributed by atoms with E-state index >= 15 is 0 Å². The summed E-state index contributed by atoms with van der Waals surface area (Å²) in [6, 6.07) is 14.0. The van der Waals surface area contributed by atoms with Crippen LogP contribution in [0.3, 0.4) is 0 Å². The Bertz CT molecular complexity index is 954. The van der Waals surface area contributed by atoms with Crippen molar-refractivity contribution in [1.82, 2.24) is 0 Å². The summed E-state index contributed by atoms with van der Waals surface area (Å²) in [6.07, 6.45) is 0.759. The Balaban J connectivity index is 1.77. The highest BCUT2D eigenvalue weighted by Crippen LogP contribution is 2.23. The van der Waals surface area contributed by atoms with Gasteiger partial charge in [-0.15, -0.1) is 0 Å². The first-order chi connectivity index (χ1) is 12.1. The van der Waals surface area contributed by atoms with Crippen LogP contribution >= 0.6 is 0 Å². The summed E-state index contributed by atoms with van der Waals surface area (Å²) in [5.41, 5.74) is 2.52. The second-order valence-corrected chi connectivity index (χ2v) is 5.58. The first kappa shape index (κ1) is 16.8. The molecule has 0 radical (unpaired) electrons. The van der Waals surface area contributed by atoms with E-state index in [1.54, 1.807) is 18.2 Å². The summed E-state index contributed by atoms with van der Waals surface area (Å²) in [4.78, 5) is 23.0. The minimum atomic E-state index is -0.372. The van der Waals surface area contributed by atoms with Gasteiger partial charge in [0.15, 0.2) is 0 Å². The smallest absolute Gasteiger partial charge is 0.337 e. The van der Waals surface area contributed by atoms with Crippen LogP contribution in [0, 0.1) is 0 Å². The molecule has 0 fully saturated rings. The molecule has 0 aliphatic heterocycles. The van der Waals surface area contributed by atoms with E-state index < -0.39 is 0 Å². The zero-order valence-electron chi connectivity index (χ0n) is 14.1. The van der Waals surface area contributed by atoms with Crippen molar-refractivity contribution in [2.45, 2.75) is 20.0 Å². The van der Waals surface area contributed by atoms with Crippen molar-refractivity contribution in [3.05, 3.63) is 75.6 Å². The molecule has 1 heterocycles. The van der Waals surface area contributed by atoms with Crippen molar-refractivity contribution in [1.29, 1.82) is 0 Å². The summed E-state index contributed by atoms with van der Waals surface area (Å²) in [6.45, 7) is 2.33. The van der Waals surface area contributed by atoms with Gasteiger partial charge in [-0.05, 0) is 41.8 Å². The van der Waals surface area contributed by atoms with Crippen molar-refractivity contribution in [3.8, 4) is 5.75 Å². The van der Waals surface area contributed by atoms with E-state index in [0.29, 0.717) is 23.5 Å². The van der Waals surface area contributed by atoms with E-state index in [0.717, 1.165) is 22.9 Å². The molecule has 1 aromatic heterocycles. The third-order valence-electron chi connectivity index (χ3n) is 3.96. The third-order valence-corrected chi connectivity index (χ3v) is 3.96. The van der Waals surface area contributed by atoms with Crippen molar-refractivity contribution >= 4 is 16.9 Å². The average Bonchev–Trinajstić information content (AvgIpc) is 2.65. The van der Waals surface area contributed by atoms with Crippen LogP contribution in [-0.2, 0) is 17.8 Å². The minimum absolute atomic E-state index is 0.338. The van der Waals surface area contributed by atoms with E-state index in [2.05, 4.69) is 4.74 Å². The average molecular weight is 338 g/mol. The molecule has 0 unspecified atom stereocenters. The Morgan fingerprint density at radius 2 is 1.84 bits per heavy atom. The number of carbonyl (C=O) groups excluding carboxylic acids is 1. The number of esters is 1. The molecule has 5 heteroatoms. The molecule has 128 valence electrons. The summed E-state index contributed by atoms with van der Waals surface area (Å²) in [7, 11) is 1.35. The van der Waals surface area contributed by atoms with E-state index in [-0.39, 0.29) is 11.6 Å². The molecule has 0 aliphatic carbocycles. The molecule has 25 heavy (non-hydrogen) atoms. The Morgan fingerprint density at radius 1 is 1.08 bits per heavy atom. The van der Waals surface area contributed by atoms with Crippen LogP contribution in [0.4, 0.5) is 0 Å². The summed E-state index contributed by atoms with van der Waals surface area (Å²) in [5, 5.41) is 0.914. The van der Waals surface area contributed by atoms with Crippen LogP contribution in [0.2, 0.25) is 0 Å². The molecular formula is C20H18O5. The highest BCUT2D eigenvalue weighted by molar-refractivity contribution is 5.89. The summed E-state index contributed by atoms with van der Waals surface area (Å²) >= 11 is 0. The van der Waals surface area contributed by atoms with Crippen molar-refractivity contribution in [2.75, 3.05) is 7.11 Å². The predicted octanol–water partition coefficient (Wildman–Crippen LogP) is 3.72. The molecular weight excluding hydrogens is 320 g/mol. The molecule has 3 aromatic rings. The summed E-state index contributed by atoms with van der Waals surface area (Å²) < 4.78 is 15.7. The van der Waals surface area contributed by atoms with Crippen LogP contribution in [0.25, 0.3) is 11.0 Å². The lowest BCUT2D eigenvalue weighted by molar-refractivity contribution is 0.0600. The lowest BCUT2D eigenvalue weighted by Gasteiger charge is -2.09. The number of aryl methyl sites for hydroxylation is 1. The maximum absolute atomic E-state index is 11.6. The van der Waals surface area contributed by atoms with Crippen molar-refractivity contribution in [3.63, 3.8) is 0 Å². The first-order valence-electron chi connectivity index (χ1n) is 7.97. The number of hydrogen-bond donors (Lipinski definition) is 0. The van der Waals surface area contributed by atoms with Crippen molar-refractivity contribution in [2.24, 2.45) is 0 Å². The molecule has 2 aromatic carbocycles. The maximum atomic E-state index is 11.6. The van der Waals surface area contributed by atoms with E-state index in [1.165, 1.54) is 13.2 Å². The number of fused-ring (bicyclic) bond motifs is 1. The third kappa shape index (κ3) is 3.71. The minimum Gasteiger partial charge on any atom is -0.489 e. The van der Waals surface area contributed by atoms with Gasteiger partial charge in [0.05, 0.1) is 12.7 Å². The fourth-order valence-electron chi connectivity index (χ4n) is 2.61. The number of ether oxygens (including phenoxy) is 2. The molecule has 0 aliphatic rings. The van der Waals surface area contributed by atoms with Crippen LogP contribution in [-0.4, -0.2) is 13.1 Å². The van der Waals surface area contributed by atoms with Gasteiger partial charge in [0.1, 0.15) is 17.9 Å². The molecule has 0 saturated carbocycles. The predicted molar refractivity (Wildman–Crippen MR) is 94.0 cm³/mol. The second-order valence-electron chi connectivity index (χ2n) is 5.58. The monoisotopic (exact) mass is 338 g/mol. The summed E-state index contributed by atoms with van der Waals surface area (Å²) in [5.74, 6) is 0.240. The molecule has 0 spiro atoms. The molecule has 0 bridgehead atoms. The maximum Gasteiger partial charge on any atom is 0.337 e. The Kier molecular flexibility index (Phi) is 4.84. The first-order valence-corrected chi connectivity index (χ1v) is 7.97. The Labute approximate surface area is 144 Å². The van der Waals surface area contributed by atoms with E-state index in [4.69, 9.17) is 9.15 Å². The highest BCUT2D eigenvalue weighted by Gasteiger charge is 2.07. The van der Waals surface area contributed by atoms with Crippen LogP contribution < -0.4 is 10.4 Å². The normalized spacial score (nSPS) is 10.6. The van der Waals surface area contributed by atoms with Crippen LogP contribution in [0.15, 0.2) is 57.7 Å². The topological polar surface area (TPSA) is 65.7 Å². The number of benzene rings is 2. The van der Waals surface area contributed by atoms with Gasteiger partial charge in [-0.25, -0.2) is 9.59 Å². The van der Waals surface area contributed by atoms with Crippen LogP contribution in [0.1, 0.15) is 28.4 Å². The van der Waals surface area contributed by atoms with Gasteiger partial charge >= 0.3 is 11.6 Å². The van der Waals surface area contributed by atoms with Crippen LogP contribution in [0.5, 0.6) is 5.75 Å². The van der Waals surface area contributed by atoms with Crippen molar-refractivity contribution < 1.29 is 18.7 Å². The van der Waals surface area contributed by atoms with Gasteiger partial charge in [0.2, 0.25) is 0 Å². The molecule has 0 saturated heterocycles. The van der Waals surface area contributed by atoms with E-state index in [1.807, 2.05) is 31.2 Å². The molecule has 0 atom stereocenters. The lowest BCUT2D eigenvalue weighted by Crippen LogP contribution is -2.02. The second kappa shape index (κ2) is 7.21. The van der Waals surface area contributed by atoms with Gasteiger partial charge in [-0.3, -0.25) is 0 Å². The number of rotatable bonds is 5. The van der Waals surface area contributed by atoms with Gasteiger partial charge in [0.25, 0.3) is 0 Å². The van der Waals surface area contributed by atoms with E-state index in [9.17, 15) is 9.59 Å². The lowest BCUT2D eigenvalue weighted by atomic mass is 10.1. The fraction of sp³-hybridized carbons (Fsp3) is 0.200. The number of hydrogen-bond acceptors (Lipinski definition) is 5. The standard InChI is InChI=1S/C20H18O5/c1-3-14-10-19(21)25-18-11-16(8-9-17(14)18)24-12-13-4-6-15(7-5-13)20(22)23-2/h4-11H,3,12H2,1-2H3. The number of methoxy groups -OCH3 is 1. The van der Waals surface area contributed by atoms with Gasteiger partial charge in [-0.2, -0.15) is 0 Å². The molecule has 3 rings (SSSR count). The molecule has 0 N–H and O–H groups in total. The SMILES string of the molecule is CCc1cc(=O)oc2cc(OCc3ccc(C(=O)OC)cc3)ccc12. The highest BCUT2D eigenvalue weighted by atomic mass is 16.5. The zero-order chi connectivity index (χ0) is 17.8. The number of carbonyl (C=O) groups is 1. The zero-order valence-corrected chi connectivity index (χ0v) is 14.1. The quantitative estimate of drug-likeness (QED) is 0.524. The molecule has 0 amide bonds. The molecule has 5 nitrogen and oxygen atoms in total. The van der Waals surface area contributed by atoms with Gasteiger partial charge in [0, 0.05) is 17.5 Å². The van der Waals surface area contributed by atoms with Gasteiger partial charge in [-0.1, -0.05) is 19.1 Å².